The summed E-state index contributed by atoms with van der Waals surface area (Å²) in [5.41, 5.74) is 3.55. The zero-order valence-electron chi connectivity index (χ0n) is 22.5. The van der Waals surface area contributed by atoms with E-state index in [0.717, 1.165) is 43.0 Å². The first-order chi connectivity index (χ1) is 18.2. The summed E-state index contributed by atoms with van der Waals surface area (Å²) in [4.78, 5) is 31.3. The lowest BCUT2D eigenvalue weighted by atomic mass is 9.98. The number of morpholine rings is 1. The van der Waals surface area contributed by atoms with Gasteiger partial charge < -0.3 is 25.6 Å². The Hall–Kier alpha value is -3.76. The molecule has 2 aliphatic heterocycles. The third kappa shape index (κ3) is 6.38. The van der Waals surface area contributed by atoms with Crippen molar-refractivity contribution in [1.29, 1.82) is 0 Å². The fraction of sp³-hybridized carbons (Fsp3) is 0.429. The van der Waals surface area contributed by atoms with Crippen molar-refractivity contribution in [1.82, 2.24) is 19.9 Å². The number of hydrogen-bond donors (Lipinski definition) is 3. The Bertz CT molecular complexity index is 1250. The van der Waals surface area contributed by atoms with Crippen molar-refractivity contribution in [3.05, 3.63) is 54.1 Å². The average Bonchev–Trinajstić information content (AvgIpc) is 2.87. The van der Waals surface area contributed by atoms with E-state index in [0.29, 0.717) is 42.7 Å². The highest BCUT2D eigenvalue weighted by atomic mass is 16.5. The Balaban J connectivity index is 1.30. The number of nitrogens with zero attached hydrogens (tertiary/aromatic N) is 5. The number of aryl methyl sites for hydroxylation is 1. The summed E-state index contributed by atoms with van der Waals surface area (Å²) in [6, 6.07) is 15.2. The van der Waals surface area contributed by atoms with Crippen LogP contribution in [0.1, 0.15) is 26.3 Å². The molecule has 0 atom stereocenters. The molecule has 38 heavy (non-hydrogen) atoms. The number of likely N-dealkylation sites (tertiary alicyclic amines) is 1. The number of carbonyl (C=O) groups excluding carboxylic acids is 1. The molecule has 3 heterocycles. The van der Waals surface area contributed by atoms with Crippen LogP contribution in [0.15, 0.2) is 48.5 Å². The van der Waals surface area contributed by atoms with Crippen molar-refractivity contribution < 1.29 is 9.53 Å². The quantitative estimate of drug-likeness (QED) is 0.447. The van der Waals surface area contributed by atoms with Crippen LogP contribution < -0.4 is 20.9 Å². The molecule has 2 aliphatic rings. The van der Waals surface area contributed by atoms with Gasteiger partial charge in [-0.3, -0.25) is 4.90 Å². The highest BCUT2D eigenvalue weighted by Gasteiger charge is 2.34. The minimum Gasteiger partial charge on any atom is -0.378 e. The summed E-state index contributed by atoms with van der Waals surface area (Å²) in [5.74, 6) is 1.81. The van der Waals surface area contributed by atoms with Crippen molar-refractivity contribution in [3.63, 3.8) is 0 Å². The molecule has 2 saturated heterocycles. The molecule has 2 amide bonds. The van der Waals surface area contributed by atoms with Crippen LogP contribution >= 0.6 is 0 Å². The fourth-order valence-corrected chi connectivity index (χ4v) is 4.40. The number of ether oxygens (including phenoxy) is 1. The maximum absolute atomic E-state index is 12.4. The molecule has 0 spiro atoms. The van der Waals surface area contributed by atoms with Gasteiger partial charge in [0.05, 0.1) is 19.3 Å². The molecular formula is C28H36N8O2. The second kappa shape index (κ2) is 10.9. The van der Waals surface area contributed by atoms with Gasteiger partial charge in [0.15, 0.2) is 5.82 Å². The molecule has 1 aromatic heterocycles. The lowest BCUT2D eigenvalue weighted by Gasteiger charge is -2.47. The molecule has 10 heteroatoms. The number of rotatable bonds is 6. The van der Waals surface area contributed by atoms with E-state index < -0.39 is 0 Å². The number of aromatic nitrogens is 3. The summed E-state index contributed by atoms with van der Waals surface area (Å²) in [7, 11) is 0. The van der Waals surface area contributed by atoms with Crippen LogP contribution in [0.2, 0.25) is 0 Å². The van der Waals surface area contributed by atoms with E-state index in [1.54, 1.807) is 0 Å². The molecular weight excluding hydrogens is 480 g/mol. The van der Waals surface area contributed by atoms with Crippen molar-refractivity contribution in [2.24, 2.45) is 0 Å². The van der Waals surface area contributed by atoms with Crippen molar-refractivity contribution in [2.45, 2.75) is 39.3 Å². The molecule has 2 aromatic carbocycles. The Morgan fingerprint density at radius 2 is 1.50 bits per heavy atom. The highest BCUT2D eigenvalue weighted by Crippen LogP contribution is 2.26. The zero-order chi connectivity index (χ0) is 26.7. The predicted molar refractivity (Wildman–Crippen MR) is 151 cm³/mol. The molecule has 200 valence electrons. The zero-order valence-corrected chi connectivity index (χ0v) is 22.5. The van der Waals surface area contributed by atoms with Gasteiger partial charge in [0.1, 0.15) is 0 Å². The number of carbonyl (C=O) groups is 1. The number of amides is 2. The standard InChI is InChI=1S/C28H36N8O2/c1-19-5-9-21(10-6-19)30-27(37)31-22-11-7-20(8-12-22)24-32-25(29-23-17-36(18-23)28(2,3)4)34-26(33-24)35-13-15-38-16-14-35/h5-12,23H,13-18H2,1-4H3,(H2,30,31,37)(H,29,32,33,34). The van der Waals surface area contributed by atoms with Crippen LogP contribution in [0.5, 0.6) is 0 Å². The summed E-state index contributed by atoms with van der Waals surface area (Å²) in [5, 5.41) is 9.23. The van der Waals surface area contributed by atoms with Gasteiger partial charge in [-0.2, -0.15) is 15.0 Å². The normalized spacial score (nSPS) is 16.6. The van der Waals surface area contributed by atoms with Gasteiger partial charge >= 0.3 is 6.03 Å². The molecule has 10 nitrogen and oxygen atoms in total. The Morgan fingerprint density at radius 1 is 0.895 bits per heavy atom. The molecule has 0 radical (unpaired) electrons. The van der Waals surface area contributed by atoms with E-state index in [-0.39, 0.29) is 11.6 Å². The maximum atomic E-state index is 12.4. The third-order valence-corrected chi connectivity index (χ3v) is 6.79. The smallest absolute Gasteiger partial charge is 0.323 e. The summed E-state index contributed by atoms with van der Waals surface area (Å²) in [6.45, 7) is 13.4. The minimum atomic E-state index is -0.298. The SMILES string of the molecule is Cc1ccc(NC(=O)Nc2ccc(-c3nc(NC4CN(C(C)(C)C)C4)nc(N4CCOCC4)n3)cc2)cc1. The van der Waals surface area contributed by atoms with Gasteiger partial charge in [0.2, 0.25) is 11.9 Å². The number of urea groups is 1. The van der Waals surface area contributed by atoms with Crippen molar-refractivity contribution in [2.75, 3.05) is 60.2 Å². The largest absolute Gasteiger partial charge is 0.378 e. The van der Waals surface area contributed by atoms with E-state index in [4.69, 9.17) is 19.7 Å². The molecule has 5 rings (SSSR count). The van der Waals surface area contributed by atoms with E-state index in [9.17, 15) is 4.79 Å². The van der Waals surface area contributed by atoms with E-state index >= 15 is 0 Å². The first kappa shape index (κ1) is 25.9. The number of anilines is 4. The third-order valence-electron chi connectivity index (χ3n) is 6.79. The summed E-state index contributed by atoms with van der Waals surface area (Å²) < 4.78 is 5.51. The Labute approximate surface area is 223 Å². The first-order valence-corrected chi connectivity index (χ1v) is 13.1. The predicted octanol–water partition coefficient (Wildman–Crippen LogP) is 4.22. The second-order valence-electron chi connectivity index (χ2n) is 10.8. The van der Waals surface area contributed by atoms with Crippen molar-refractivity contribution >= 4 is 29.3 Å². The molecule has 0 saturated carbocycles. The molecule has 0 aliphatic carbocycles. The highest BCUT2D eigenvalue weighted by molar-refractivity contribution is 5.99. The van der Waals surface area contributed by atoms with Crippen LogP contribution in [0.3, 0.4) is 0 Å². The van der Waals surface area contributed by atoms with Gasteiger partial charge in [0, 0.05) is 48.7 Å². The maximum Gasteiger partial charge on any atom is 0.323 e. The topological polar surface area (TPSA) is 108 Å². The van der Waals surface area contributed by atoms with Crippen LogP contribution in [-0.4, -0.2) is 76.9 Å². The first-order valence-electron chi connectivity index (χ1n) is 13.1. The van der Waals surface area contributed by atoms with E-state index in [1.165, 1.54) is 0 Å². The van der Waals surface area contributed by atoms with E-state index in [2.05, 4.69) is 46.5 Å². The van der Waals surface area contributed by atoms with Gasteiger partial charge in [-0.1, -0.05) is 17.7 Å². The number of nitrogens with one attached hydrogen (secondary N) is 3. The monoisotopic (exact) mass is 516 g/mol. The molecule has 0 bridgehead atoms. The van der Waals surface area contributed by atoms with E-state index in [1.807, 2.05) is 55.5 Å². The van der Waals surface area contributed by atoms with Crippen molar-refractivity contribution in [3.8, 4) is 11.4 Å². The van der Waals surface area contributed by atoms with Crippen LogP contribution in [0.25, 0.3) is 11.4 Å². The molecule has 2 fully saturated rings. The lowest BCUT2D eigenvalue weighted by Crippen LogP contribution is -2.61. The van der Waals surface area contributed by atoms with Crippen LogP contribution in [0.4, 0.5) is 28.1 Å². The van der Waals surface area contributed by atoms with Gasteiger partial charge in [-0.15, -0.1) is 0 Å². The average molecular weight is 517 g/mol. The molecule has 3 aromatic rings. The van der Waals surface area contributed by atoms with Crippen LogP contribution in [-0.2, 0) is 4.74 Å². The van der Waals surface area contributed by atoms with Gasteiger partial charge in [-0.05, 0) is 64.1 Å². The fourth-order valence-electron chi connectivity index (χ4n) is 4.40. The van der Waals surface area contributed by atoms with Gasteiger partial charge in [-0.25, -0.2) is 4.79 Å². The van der Waals surface area contributed by atoms with Crippen LogP contribution in [0, 0.1) is 6.92 Å². The van der Waals surface area contributed by atoms with Gasteiger partial charge in [0.25, 0.3) is 0 Å². The second-order valence-corrected chi connectivity index (χ2v) is 10.8. The molecule has 0 unspecified atom stereocenters. The summed E-state index contributed by atoms with van der Waals surface area (Å²) in [6.07, 6.45) is 0. The number of benzene rings is 2. The molecule has 3 N–H and O–H groups in total. The Morgan fingerprint density at radius 3 is 2.11 bits per heavy atom. The minimum absolute atomic E-state index is 0.147. The Kier molecular flexibility index (Phi) is 7.44. The number of hydrogen-bond acceptors (Lipinski definition) is 8. The lowest BCUT2D eigenvalue weighted by molar-refractivity contribution is 0.0565. The summed E-state index contributed by atoms with van der Waals surface area (Å²) >= 11 is 0.